The highest BCUT2D eigenvalue weighted by atomic mass is 35.5. The number of hydrogen-bond acceptors (Lipinski definition) is 3. The third-order valence-corrected chi connectivity index (χ3v) is 5.10. The van der Waals surface area contributed by atoms with Gasteiger partial charge in [-0.15, -0.1) is 12.4 Å². The average molecular weight is 284 g/mol. The fraction of sp³-hybridized carbons (Fsp3) is 0.600. The molecule has 1 aliphatic heterocycles. The highest BCUT2D eigenvalue weighted by Gasteiger charge is 2.50. The lowest BCUT2D eigenvalue weighted by Crippen LogP contribution is -2.62. The van der Waals surface area contributed by atoms with E-state index in [9.17, 15) is 10.2 Å². The predicted octanol–water partition coefficient (Wildman–Crippen LogP) is 2.08. The summed E-state index contributed by atoms with van der Waals surface area (Å²) >= 11 is 0. The van der Waals surface area contributed by atoms with Gasteiger partial charge in [0, 0.05) is 11.5 Å². The molecule has 106 valence electrons. The molecule has 2 N–H and O–H groups in total. The Labute approximate surface area is 120 Å². The minimum Gasteiger partial charge on any atom is -0.508 e. The summed E-state index contributed by atoms with van der Waals surface area (Å²) in [6.07, 6.45) is 2.45. The zero-order chi connectivity index (χ0) is 12.9. The maximum absolute atomic E-state index is 10.7. The smallest absolute Gasteiger partial charge is 0.115 e. The van der Waals surface area contributed by atoms with Crippen molar-refractivity contribution in [3.63, 3.8) is 0 Å². The summed E-state index contributed by atoms with van der Waals surface area (Å²) in [5.41, 5.74) is 2.29. The van der Waals surface area contributed by atoms with Gasteiger partial charge in [-0.2, -0.15) is 0 Å². The number of phenols is 1. The normalized spacial score (nSPS) is 33.4. The summed E-state index contributed by atoms with van der Waals surface area (Å²) in [5, 5.41) is 20.5. The van der Waals surface area contributed by atoms with E-state index in [1.54, 1.807) is 6.07 Å². The van der Waals surface area contributed by atoms with Gasteiger partial charge in [0.1, 0.15) is 5.75 Å². The molecule has 1 aliphatic carbocycles. The lowest BCUT2D eigenvalue weighted by Gasteiger charge is -2.53. The lowest BCUT2D eigenvalue weighted by molar-refractivity contribution is -0.0496. The van der Waals surface area contributed by atoms with Crippen molar-refractivity contribution in [1.29, 1.82) is 0 Å². The minimum atomic E-state index is -0.324. The monoisotopic (exact) mass is 283 g/mol. The molecule has 2 aliphatic rings. The Morgan fingerprint density at radius 1 is 1.42 bits per heavy atom. The van der Waals surface area contributed by atoms with Gasteiger partial charge >= 0.3 is 0 Å². The summed E-state index contributed by atoms with van der Waals surface area (Å²) in [5.74, 6) is 0.311. The van der Waals surface area contributed by atoms with Crippen molar-refractivity contribution in [1.82, 2.24) is 4.90 Å². The van der Waals surface area contributed by atoms with Crippen molar-refractivity contribution in [2.75, 3.05) is 13.6 Å². The van der Waals surface area contributed by atoms with Crippen LogP contribution in [0.3, 0.4) is 0 Å². The molecule has 3 nitrogen and oxygen atoms in total. The van der Waals surface area contributed by atoms with Crippen LogP contribution in [0.2, 0.25) is 0 Å². The minimum absolute atomic E-state index is 0. The van der Waals surface area contributed by atoms with Gasteiger partial charge < -0.3 is 15.1 Å². The van der Waals surface area contributed by atoms with Crippen LogP contribution >= 0.6 is 12.4 Å². The number of nitrogens with zero attached hydrogens (tertiary/aromatic N) is 1. The summed E-state index contributed by atoms with van der Waals surface area (Å²) in [7, 11) is 2.10. The van der Waals surface area contributed by atoms with Crippen molar-refractivity contribution in [3.8, 4) is 5.75 Å². The van der Waals surface area contributed by atoms with Crippen LogP contribution in [0.1, 0.15) is 30.9 Å². The largest absolute Gasteiger partial charge is 0.508 e. The fourth-order valence-corrected chi connectivity index (χ4v) is 3.87. The van der Waals surface area contributed by atoms with E-state index in [2.05, 4.69) is 18.9 Å². The van der Waals surface area contributed by atoms with E-state index in [4.69, 9.17) is 0 Å². The van der Waals surface area contributed by atoms with E-state index in [1.807, 2.05) is 12.1 Å². The molecular formula is C15H22ClNO2. The van der Waals surface area contributed by atoms with Gasteiger partial charge in [0.05, 0.1) is 6.10 Å². The van der Waals surface area contributed by atoms with Crippen LogP contribution in [0.4, 0.5) is 0 Å². The Morgan fingerprint density at radius 3 is 2.84 bits per heavy atom. The van der Waals surface area contributed by atoms with Gasteiger partial charge in [-0.3, -0.25) is 0 Å². The van der Waals surface area contributed by atoms with Crippen LogP contribution in [0.5, 0.6) is 5.75 Å². The van der Waals surface area contributed by atoms with Gasteiger partial charge in [-0.1, -0.05) is 13.0 Å². The van der Waals surface area contributed by atoms with Crippen LogP contribution in [-0.2, 0) is 11.8 Å². The van der Waals surface area contributed by atoms with Crippen molar-refractivity contribution in [2.24, 2.45) is 0 Å². The van der Waals surface area contributed by atoms with Crippen molar-refractivity contribution < 1.29 is 10.2 Å². The van der Waals surface area contributed by atoms with Crippen LogP contribution in [0.15, 0.2) is 18.2 Å². The van der Waals surface area contributed by atoms with E-state index < -0.39 is 0 Å². The number of aromatic hydroxyl groups is 1. The van der Waals surface area contributed by atoms with Crippen LogP contribution in [-0.4, -0.2) is 40.9 Å². The molecule has 0 saturated carbocycles. The van der Waals surface area contributed by atoms with Crippen LogP contribution in [0.25, 0.3) is 0 Å². The maximum atomic E-state index is 10.7. The first-order valence-corrected chi connectivity index (χ1v) is 6.79. The summed E-state index contributed by atoms with van der Waals surface area (Å²) in [6.45, 7) is 3.16. The fourth-order valence-electron chi connectivity index (χ4n) is 3.87. The second-order valence-corrected chi connectivity index (χ2v) is 5.80. The van der Waals surface area contributed by atoms with E-state index in [-0.39, 0.29) is 30.0 Å². The van der Waals surface area contributed by atoms with E-state index >= 15 is 0 Å². The first-order valence-electron chi connectivity index (χ1n) is 6.79. The molecule has 1 heterocycles. The third-order valence-electron chi connectivity index (χ3n) is 5.10. The molecule has 1 aromatic rings. The zero-order valence-electron chi connectivity index (χ0n) is 11.5. The number of likely N-dealkylation sites (N-methyl/N-ethyl adjacent to an activating group) is 1. The summed E-state index contributed by atoms with van der Waals surface area (Å²) < 4.78 is 0. The zero-order valence-corrected chi connectivity index (χ0v) is 12.3. The van der Waals surface area contributed by atoms with Gasteiger partial charge in [-0.25, -0.2) is 0 Å². The van der Waals surface area contributed by atoms with E-state index in [0.717, 1.165) is 25.8 Å². The molecule has 3 rings (SSSR count). The summed E-state index contributed by atoms with van der Waals surface area (Å²) in [4.78, 5) is 2.27. The number of aliphatic hydroxyl groups excluding tert-OH is 1. The molecule has 4 heteroatoms. The SMILES string of the molecule is CCC12CCN(C)C(Cc3ccc(O)cc31)C2O.Cl. The molecule has 1 fully saturated rings. The lowest BCUT2D eigenvalue weighted by atomic mass is 9.60. The Hall–Kier alpha value is -0.770. The number of halogens is 1. The number of hydrogen-bond donors (Lipinski definition) is 2. The Kier molecular flexibility index (Phi) is 3.83. The topological polar surface area (TPSA) is 43.7 Å². The van der Waals surface area contributed by atoms with Gasteiger partial charge in [-0.05, 0) is 56.1 Å². The second kappa shape index (κ2) is 4.97. The Balaban J connectivity index is 0.00000133. The molecular weight excluding hydrogens is 262 g/mol. The molecule has 0 aromatic heterocycles. The quantitative estimate of drug-likeness (QED) is 0.829. The molecule has 0 amide bonds. The number of fused-ring (bicyclic) bond motifs is 4. The van der Waals surface area contributed by atoms with E-state index in [0.29, 0.717) is 5.75 Å². The molecule has 0 spiro atoms. The molecule has 3 atom stereocenters. The molecule has 2 bridgehead atoms. The third kappa shape index (κ3) is 1.95. The predicted molar refractivity (Wildman–Crippen MR) is 78.1 cm³/mol. The van der Waals surface area contributed by atoms with Crippen LogP contribution < -0.4 is 0 Å². The molecule has 0 radical (unpaired) electrons. The average Bonchev–Trinajstić information content (AvgIpc) is 2.36. The molecule has 3 unspecified atom stereocenters. The Morgan fingerprint density at radius 2 is 2.16 bits per heavy atom. The summed E-state index contributed by atoms with van der Waals surface area (Å²) in [6, 6.07) is 5.86. The molecule has 1 aromatic carbocycles. The first-order chi connectivity index (χ1) is 8.58. The maximum Gasteiger partial charge on any atom is 0.115 e. The highest BCUT2D eigenvalue weighted by Crippen LogP contribution is 2.47. The van der Waals surface area contributed by atoms with Gasteiger partial charge in [0.25, 0.3) is 0 Å². The number of aliphatic hydroxyl groups is 1. The Bertz CT molecular complexity index is 479. The number of piperidine rings is 1. The number of benzene rings is 1. The standard InChI is InChI=1S/C15H21NO2.ClH/c1-3-15-6-7-16(2)13(14(15)18)8-10-4-5-11(17)9-12(10)15;/h4-5,9,13-14,17-18H,3,6-8H2,1-2H3;1H. The van der Waals surface area contributed by atoms with Crippen molar-refractivity contribution in [2.45, 2.75) is 43.7 Å². The molecule has 1 saturated heterocycles. The van der Waals surface area contributed by atoms with Crippen molar-refractivity contribution >= 4 is 12.4 Å². The van der Waals surface area contributed by atoms with Crippen molar-refractivity contribution in [3.05, 3.63) is 29.3 Å². The molecule has 19 heavy (non-hydrogen) atoms. The van der Waals surface area contributed by atoms with Crippen LogP contribution in [0, 0.1) is 0 Å². The second-order valence-electron chi connectivity index (χ2n) is 5.80. The van der Waals surface area contributed by atoms with Gasteiger partial charge in [0.15, 0.2) is 0 Å². The van der Waals surface area contributed by atoms with Gasteiger partial charge in [0.2, 0.25) is 0 Å². The first kappa shape index (κ1) is 14.6. The van der Waals surface area contributed by atoms with E-state index in [1.165, 1.54) is 11.1 Å². The number of phenolic OH excluding ortho intramolecular Hbond substituents is 1. The number of likely N-dealkylation sites (tertiary alicyclic amines) is 1. The number of rotatable bonds is 1. The highest BCUT2D eigenvalue weighted by molar-refractivity contribution is 5.85.